The van der Waals surface area contributed by atoms with Crippen LogP contribution < -0.4 is 5.73 Å². The molecule has 152 valence electrons. The lowest BCUT2D eigenvalue weighted by Gasteiger charge is -2.43. The number of nitrogens with two attached hydrogens (primary N) is 1. The SMILES string of the molecule is NC1(C(=O)N2CCN(C(=O)c3ccc(-c4cc(Cl)ccc4F)cc3)CC2)CCC1. The Kier molecular flexibility index (Phi) is 5.32. The van der Waals surface area contributed by atoms with Gasteiger partial charge in [-0.25, -0.2) is 4.39 Å². The number of carbonyl (C=O) groups excluding carboxylic acids is 2. The lowest BCUT2D eigenvalue weighted by atomic mass is 9.76. The maximum absolute atomic E-state index is 14.0. The van der Waals surface area contributed by atoms with E-state index in [0.717, 1.165) is 19.3 Å². The van der Waals surface area contributed by atoms with Crippen molar-refractivity contribution in [3.05, 3.63) is 58.9 Å². The van der Waals surface area contributed by atoms with Gasteiger partial charge in [-0.3, -0.25) is 9.59 Å². The van der Waals surface area contributed by atoms with Crippen molar-refractivity contribution in [1.82, 2.24) is 9.80 Å². The van der Waals surface area contributed by atoms with Gasteiger partial charge in [-0.05, 0) is 55.2 Å². The molecule has 1 heterocycles. The van der Waals surface area contributed by atoms with Gasteiger partial charge in [0.2, 0.25) is 5.91 Å². The number of piperazine rings is 1. The summed E-state index contributed by atoms with van der Waals surface area (Å²) in [5.41, 5.74) is 7.03. The summed E-state index contributed by atoms with van der Waals surface area (Å²) in [6, 6.07) is 11.2. The Morgan fingerprint density at radius 2 is 1.59 bits per heavy atom. The van der Waals surface area contributed by atoms with Crippen LogP contribution in [0.15, 0.2) is 42.5 Å². The highest BCUT2D eigenvalue weighted by atomic mass is 35.5. The van der Waals surface area contributed by atoms with E-state index in [-0.39, 0.29) is 17.6 Å². The van der Waals surface area contributed by atoms with Gasteiger partial charge < -0.3 is 15.5 Å². The molecule has 0 atom stereocenters. The number of hydrogen-bond donors (Lipinski definition) is 1. The minimum Gasteiger partial charge on any atom is -0.338 e. The first-order chi connectivity index (χ1) is 13.9. The normalized spacial score (nSPS) is 18.3. The zero-order valence-electron chi connectivity index (χ0n) is 16.0. The Morgan fingerprint density at radius 1 is 0.966 bits per heavy atom. The highest BCUT2D eigenvalue weighted by Crippen LogP contribution is 2.31. The molecule has 0 aromatic heterocycles. The molecule has 0 radical (unpaired) electrons. The van der Waals surface area contributed by atoms with Crippen molar-refractivity contribution >= 4 is 23.4 Å². The third-order valence-electron chi connectivity index (χ3n) is 5.90. The summed E-state index contributed by atoms with van der Waals surface area (Å²) < 4.78 is 14.0. The predicted octanol–water partition coefficient (Wildman–Crippen LogP) is 3.31. The number of carbonyl (C=O) groups is 2. The summed E-state index contributed by atoms with van der Waals surface area (Å²) >= 11 is 5.96. The quantitative estimate of drug-likeness (QED) is 0.836. The van der Waals surface area contributed by atoms with Gasteiger partial charge in [0.05, 0.1) is 5.54 Å². The second-order valence-electron chi connectivity index (χ2n) is 7.80. The molecule has 0 spiro atoms. The molecule has 2 N–H and O–H groups in total. The van der Waals surface area contributed by atoms with E-state index in [1.54, 1.807) is 40.1 Å². The fraction of sp³-hybridized carbons (Fsp3) is 0.364. The number of benzene rings is 2. The first-order valence-electron chi connectivity index (χ1n) is 9.80. The minimum absolute atomic E-state index is 0.00347. The zero-order valence-corrected chi connectivity index (χ0v) is 16.8. The van der Waals surface area contributed by atoms with Crippen LogP contribution in [0.25, 0.3) is 11.1 Å². The van der Waals surface area contributed by atoms with Crippen molar-refractivity contribution in [1.29, 1.82) is 0 Å². The summed E-state index contributed by atoms with van der Waals surface area (Å²) in [7, 11) is 0. The molecule has 1 saturated carbocycles. The molecule has 2 amide bonds. The minimum atomic E-state index is -0.697. The van der Waals surface area contributed by atoms with Gasteiger partial charge in [0.25, 0.3) is 5.91 Å². The van der Waals surface area contributed by atoms with Crippen LogP contribution >= 0.6 is 11.6 Å². The van der Waals surface area contributed by atoms with Crippen LogP contribution in [0.4, 0.5) is 4.39 Å². The van der Waals surface area contributed by atoms with E-state index in [2.05, 4.69) is 0 Å². The first-order valence-corrected chi connectivity index (χ1v) is 10.2. The van der Waals surface area contributed by atoms with Crippen molar-refractivity contribution in [2.24, 2.45) is 5.73 Å². The molecular formula is C22H23ClFN3O2. The van der Waals surface area contributed by atoms with E-state index < -0.39 is 5.54 Å². The van der Waals surface area contributed by atoms with Crippen molar-refractivity contribution in [2.75, 3.05) is 26.2 Å². The van der Waals surface area contributed by atoms with Gasteiger partial charge in [0.15, 0.2) is 0 Å². The van der Waals surface area contributed by atoms with Crippen molar-refractivity contribution in [3.8, 4) is 11.1 Å². The van der Waals surface area contributed by atoms with Crippen LogP contribution in [-0.4, -0.2) is 53.3 Å². The highest BCUT2D eigenvalue weighted by Gasteiger charge is 2.43. The monoisotopic (exact) mass is 415 g/mol. The first kappa shape index (κ1) is 19.9. The van der Waals surface area contributed by atoms with E-state index in [1.165, 1.54) is 12.1 Å². The molecule has 1 saturated heterocycles. The fourth-order valence-electron chi connectivity index (χ4n) is 3.89. The molecule has 29 heavy (non-hydrogen) atoms. The smallest absolute Gasteiger partial charge is 0.253 e. The van der Waals surface area contributed by atoms with Crippen molar-refractivity contribution in [3.63, 3.8) is 0 Å². The van der Waals surface area contributed by atoms with Crippen LogP contribution in [0.1, 0.15) is 29.6 Å². The fourth-order valence-corrected chi connectivity index (χ4v) is 4.06. The molecular weight excluding hydrogens is 393 g/mol. The van der Waals surface area contributed by atoms with Gasteiger partial charge >= 0.3 is 0 Å². The van der Waals surface area contributed by atoms with E-state index >= 15 is 0 Å². The molecule has 0 unspecified atom stereocenters. The predicted molar refractivity (Wildman–Crippen MR) is 110 cm³/mol. The van der Waals surface area contributed by atoms with Gasteiger partial charge in [-0.1, -0.05) is 23.7 Å². The third kappa shape index (κ3) is 3.87. The Morgan fingerprint density at radius 3 is 2.17 bits per heavy atom. The molecule has 2 aliphatic rings. The van der Waals surface area contributed by atoms with Crippen LogP contribution in [0.5, 0.6) is 0 Å². The van der Waals surface area contributed by atoms with Gasteiger partial charge in [-0.2, -0.15) is 0 Å². The summed E-state index contributed by atoms with van der Waals surface area (Å²) in [6.45, 7) is 1.95. The number of halogens is 2. The summed E-state index contributed by atoms with van der Waals surface area (Å²) in [5.74, 6) is -0.455. The van der Waals surface area contributed by atoms with Crippen LogP contribution in [-0.2, 0) is 4.79 Å². The number of hydrogen-bond acceptors (Lipinski definition) is 3. The van der Waals surface area contributed by atoms with Crippen LogP contribution in [0.3, 0.4) is 0 Å². The topological polar surface area (TPSA) is 66.6 Å². The molecule has 2 fully saturated rings. The Balaban J connectivity index is 1.40. The Labute approximate surface area is 174 Å². The zero-order chi connectivity index (χ0) is 20.6. The molecule has 0 bridgehead atoms. The molecule has 7 heteroatoms. The maximum Gasteiger partial charge on any atom is 0.253 e. The average molecular weight is 416 g/mol. The van der Waals surface area contributed by atoms with E-state index in [9.17, 15) is 14.0 Å². The molecule has 1 aliphatic carbocycles. The van der Waals surface area contributed by atoms with E-state index in [1.807, 2.05) is 0 Å². The third-order valence-corrected chi connectivity index (χ3v) is 6.13. The standard InChI is InChI=1S/C22H23ClFN3O2/c23-17-6-7-19(24)18(14-17)15-2-4-16(5-3-15)20(28)26-10-12-27(13-11-26)21(29)22(25)8-1-9-22/h2-7,14H,1,8-13,25H2. The van der Waals surface area contributed by atoms with Crippen molar-refractivity contribution < 1.29 is 14.0 Å². The van der Waals surface area contributed by atoms with E-state index in [4.69, 9.17) is 17.3 Å². The molecule has 5 nitrogen and oxygen atoms in total. The molecule has 4 rings (SSSR count). The highest BCUT2D eigenvalue weighted by molar-refractivity contribution is 6.30. The van der Waals surface area contributed by atoms with Crippen LogP contribution in [0.2, 0.25) is 5.02 Å². The number of amides is 2. The molecule has 2 aromatic carbocycles. The van der Waals surface area contributed by atoms with Gasteiger partial charge in [0, 0.05) is 42.3 Å². The summed E-state index contributed by atoms with van der Waals surface area (Å²) in [6.07, 6.45) is 2.48. The second-order valence-corrected chi connectivity index (χ2v) is 8.23. The Bertz CT molecular complexity index is 936. The average Bonchev–Trinajstić information content (AvgIpc) is 2.73. The van der Waals surface area contributed by atoms with Gasteiger partial charge in [-0.15, -0.1) is 0 Å². The van der Waals surface area contributed by atoms with Gasteiger partial charge in [0.1, 0.15) is 5.82 Å². The lowest BCUT2D eigenvalue weighted by Crippen LogP contribution is -2.62. The Hall–Kier alpha value is -2.44. The second kappa shape index (κ2) is 7.76. The number of rotatable bonds is 3. The lowest BCUT2D eigenvalue weighted by molar-refractivity contribution is -0.141. The van der Waals surface area contributed by atoms with E-state index in [0.29, 0.717) is 47.9 Å². The van der Waals surface area contributed by atoms with Crippen molar-refractivity contribution in [2.45, 2.75) is 24.8 Å². The largest absolute Gasteiger partial charge is 0.338 e. The molecule has 1 aliphatic heterocycles. The molecule has 2 aromatic rings. The number of nitrogens with zero attached hydrogens (tertiary/aromatic N) is 2. The summed E-state index contributed by atoms with van der Waals surface area (Å²) in [4.78, 5) is 28.9. The maximum atomic E-state index is 14.0. The van der Waals surface area contributed by atoms with Crippen LogP contribution in [0, 0.1) is 5.82 Å². The summed E-state index contributed by atoms with van der Waals surface area (Å²) in [5, 5.41) is 0.454.